The maximum Gasteiger partial charge on any atom is 0.346 e. The van der Waals surface area contributed by atoms with Crippen molar-refractivity contribution in [3.63, 3.8) is 0 Å². The van der Waals surface area contributed by atoms with Crippen LogP contribution in [0, 0.1) is 11.6 Å². The summed E-state index contributed by atoms with van der Waals surface area (Å²) >= 11 is 0. The van der Waals surface area contributed by atoms with Crippen LogP contribution in [0.4, 0.5) is 8.78 Å². The number of benzene rings is 2. The standard InChI is InChI=1S/C32H40F2O7/c1-2-3-4-5-6-7-8-12-21-37-26-18-17-25(28(33)29(26)34)30(35)39-23-13-15-24(16-14-23)40-31(36)27-22-38-32(41-27)19-10-9-11-20-32/h13-18,27H,2-12,19-22H2,1H3/t27-/m1/s1. The number of carbonyl (C=O) groups is 2. The van der Waals surface area contributed by atoms with E-state index in [0.717, 1.165) is 57.4 Å². The summed E-state index contributed by atoms with van der Waals surface area (Å²) in [5.74, 6) is -4.82. The molecule has 41 heavy (non-hydrogen) atoms. The van der Waals surface area contributed by atoms with Crippen LogP contribution in [0.1, 0.15) is 101 Å². The van der Waals surface area contributed by atoms with Crippen LogP contribution in [-0.4, -0.2) is 37.0 Å². The fourth-order valence-corrected chi connectivity index (χ4v) is 5.16. The van der Waals surface area contributed by atoms with Crippen molar-refractivity contribution in [3.05, 3.63) is 53.6 Å². The lowest BCUT2D eigenvalue weighted by Crippen LogP contribution is -2.35. The molecule has 0 radical (unpaired) electrons. The molecular formula is C32H40F2O7. The normalized spacial score (nSPS) is 17.9. The number of ether oxygens (including phenoxy) is 5. The Morgan fingerprint density at radius 2 is 1.46 bits per heavy atom. The predicted molar refractivity (Wildman–Crippen MR) is 148 cm³/mol. The molecule has 7 nitrogen and oxygen atoms in total. The Morgan fingerprint density at radius 1 is 0.829 bits per heavy atom. The quantitative estimate of drug-likeness (QED) is 0.130. The third-order valence-corrected chi connectivity index (χ3v) is 7.51. The van der Waals surface area contributed by atoms with E-state index in [2.05, 4.69) is 6.92 Å². The van der Waals surface area contributed by atoms with E-state index in [1.165, 1.54) is 62.4 Å². The van der Waals surface area contributed by atoms with E-state index < -0.39 is 41.0 Å². The zero-order valence-electron chi connectivity index (χ0n) is 23.8. The molecule has 1 atom stereocenters. The number of carbonyl (C=O) groups excluding carboxylic acids is 2. The lowest BCUT2D eigenvalue weighted by molar-refractivity contribution is -0.193. The summed E-state index contributed by atoms with van der Waals surface area (Å²) in [7, 11) is 0. The van der Waals surface area contributed by atoms with Gasteiger partial charge in [-0.05, 0) is 55.7 Å². The van der Waals surface area contributed by atoms with Crippen LogP contribution in [0.25, 0.3) is 0 Å². The smallest absolute Gasteiger partial charge is 0.346 e. The molecule has 0 aromatic heterocycles. The van der Waals surface area contributed by atoms with Crippen LogP contribution in [0.2, 0.25) is 0 Å². The second kappa shape index (κ2) is 15.3. The van der Waals surface area contributed by atoms with E-state index in [1.807, 2.05) is 0 Å². The fraction of sp³-hybridized carbons (Fsp3) is 0.562. The average molecular weight is 575 g/mol. The van der Waals surface area contributed by atoms with Crippen LogP contribution < -0.4 is 14.2 Å². The Kier molecular flexibility index (Phi) is 11.5. The Hall–Kier alpha value is -3.04. The molecule has 1 saturated carbocycles. The van der Waals surface area contributed by atoms with Gasteiger partial charge in [-0.3, -0.25) is 0 Å². The van der Waals surface area contributed by atoms with Gasteiger partial charge < -0.3 is 23.7 Å². The Balaban J connectivity index is 1.22. The van der Waals surface area contributed by atoms with Gasteiger partial charge in [0.05, 0.1) is 18.8 Å². The number of hydrogen-bond donors (Lipinski definition) is 0. The Labute approximate surface area is 240 Å². The molecule has 1 heterocycles. The number of esters is 2. The van der Waals surface area contributed by atoms with Crippen LogP contribution in [-0.2, 0) is 14.3 Å². The van der Waals surface area contributed by atoms with E-state index in [9.17, 15) is 18.4 Å². The van der Waals surface area contributed by atoms with Gasteiger partial charge in [-0.1, -0.05) is 58.3 Å². The van der Waals surface area contributed by atoms with Gasteiger partial charge in [-0.2, -0.15) is 4.39 Å². The van der Waals surface area contributed by atoms with Crippen LogP contribution in [0.15, 0.2) is 36.4 Å². The summed E-state index contributed by atoms with van der Waals surface area (Å²) in [5, 5.41) is 0. The number of halogens is 2. The van der Waals surface area contributed by atoms with Gasteiger partial charge in [0, 0.05) is 12.8 Å². The molecule has 4 rings (SSSR count). The first kappa shape index (κ1) is 30.9. The zero-order chi connectivity index (χ0) is 29.1. The van der Waals surface area contributed by atoms with E-state index in [1.54, 1.807) is 0 Å². The first-order chi connectivity index (χ1) is 19.9. The van der Waals surface area contributed by atoms with Crippen molar-refractivity contribution in [1.82, 2.24) is 0 Å². The molecule has 1 aliphatic heterocycles. The number of rotatable bonds is 14. The third-order valence-electron chi connectivity index (χ3n) is 7.51. The van der Waals surface area contributed by atoms with Gasteiger partial charge in [0.25, 0.3) is 0 Å². The maximum absolute atomic E-state index is 14.6. The third kappa shape index (κ3) is 8.72. The van der Waals surface area contributed by atoms with Crippen molar-refractivity contribution >= 4 is 11.9 Å². The minimum Gasteiger partial charge on any atom is -0.490 e. The van der Waals surface area contributed by atoms with E-state index in [0.29, 0.717) is 0 Å². The van der Waals surface area contributed by atoms with Gasteiger partial charge in [-0.15, -0.1) is 0 Å². The van der Waals surface area contributed by atoms with Crippen molar-refractivity contribution in [3.8, 4) is 17.2 Å². The van der Waals surface area contributed by atoms with Gasteiger partial charge >= 0.3 is 11.9 Å². The largest absolute Gasteiger partial charge is 0.490 e. The second-order valence-corrected chi connectivity index (χ2v) is 10.7. The Morgan fingerprint density at radius 3 is 2.15 bits per heavy atom. The Bertz CT molecular complexity index is 1150. The highest BCUT2D eigenvalue weighted by Gasteiger charge is 2.45. The summed E-state index contributed by atoms with van der Waals surface area (Å²) in [6, 6.07) is 8.03. The highest BCUT2D eigenvalue weighted by Crippen LogP contribution is 2.38. The maximum atomic E-state index is 14.6. The van der Waals surface area contributed by atoms with Crippen molar-refractivity contribution in [2.24, 2.45) is 0 Å². The molecular weight excluding hydrogens is 534 g/mol. The van der Waals surface area contributed by atoms with Crippen LogP contribution >= 0.6 is 0 Å². The average Bonchev–Trinajstić information content (AvgIpc) is 3.38. The summed E-state index contributed by atoms with van der Waals surface area (Å²) in [5.41, 5.74) is -0.549. The zero-order valence-corrected chi connectivity index (χ0v) is 23.8. The molecule has 2 aliphatic rings. The molecule has 1 spiro atoms. The molecule has 2 fully saturated rings. The minimum absolute atomic E-state index is 0.0752. The predicted octanol–water partition coefficient (Wildman–Crippen LogP) is 7.68. The molecule has 1 saturated heterocycles. The lowest BCUT2D eigenvalue weighted by Gasteiger charge is -2.31. The molecule has 0 N–H and O–H groups in total. The summed E-state index contributed by atoms with van der Waals surface area (Å²) in [6.45, 7) is 2.59. The molecule has 2 aromatic carbocycles. The topological polar surface area (TPSA) is 80.3 Å². The fourth-order valence-electron chi connectivity index (χ4n) is 5.16. The molecule has 9 heteroatoms. The van der Waals surface area contributed by atoms with Crippen molar-refractivity contribution < 1.29 is 42.1 Å². The minimum atomic E-state index is -1.33. The van der Waals surface area contributed by atoms with E-state index in [4.69, 9.17) is 23.7 Å². The lowest BCUT2D eigenvalue weighted by atomic mass is 9.94. The molecule has 224 valence electrons. The highest BCUT2D eigenvalue weighted by atomic mass is 19.2. The highest BCUT2D eigenvalue weighted by molar-refractivity contribution is 5.91. The summed E-state index contributed by atoms with van der Waals surface area (Å²) in [6.07, 6.45) is 12.7. The summed E-state index contributed by atoms with van der Waals surface area (Å²) in [4.78, 5) is 25.1. The first-order valence-corrected chi connectivity index (χ1v) is 14.9. The van der Waals surface area contributed by atoms with Crippen LogP contribution in [0.3, 0.4) is 0 Å². The van der Waals surface area contributed by atoms with Gasteiger partial charge in [-0.25, -0.2) is 14.0 Å². The van der Waals surface area contributed by atoms with Gasteiger partial charge in [0.15, 0.2) is 23.5 Å². The molecule has 0 bridgehead atoms. The number of hydrogen-bond acceptors (Lipinski definition) is 7. The molecule has 0 unspecified atom stereocenters. The van der Waals surface area contributed by atoms with Gasteiger partial charge in [0.2, 0.25) is 5.82 Å². The van der Waals surface area contributed by atoms with Gasteiger partial charge in [0.1, 0.15) is 11.5 Å². The molecule has 1 aliphatic carbocycles. The van der Waals surface area contributed by atoms with Crippen molar-refractivity contribution in [1.29, 1.82) is 0 Å². The van der Waals surface area contributed by atoms with E-state index >= 15 is 0 Å². The molecule has 2 aromatic rings. The number of unbranched alkanes of at least 4 members (excludes halogenated alkanes) is 7. The van der Waals surface area contributed by atoms with Crippen molar-refractivity contribution in [2.75, 3.05) is 13.2 Å². The van der Waals surface area contributed by atoms with Crippen LogP contribution in [0.5, 0.6) is 17.2 Å². The second-order valence-electron chi connectivity index (χ2n) is 10.7. The molecule has 0 amide bonds. The van der Waals surface area contributed by atoms with E-state index in [-0.39, 0.29) is 30.5 Å². The summed E-state index contributed by atoms with van der Waals surface area (Å²) < 4.78 is 56.9. The van der Waals surface area contributed by atoms with Crippen molar-refractivity contribution in [2.45, 2.75) is 102 Å². The SMILES string of the molecule is CCCCCCCCCCOc1ccc(C(=O)Oc2ccc(OC(=O)[C@H]3COC4(CCCCC4)O3)cc2)c(F)c1F. The first-order valence-electron chi connectivity index (χ1n) is 14.9. The monoisotopic (exact) mass is 574 g/mol.